The number of anilines is 1. The van der Waals surface area contributed by atoms with Gasteiger partial charge in [0.1, 0.15) is 18.3 Å². The molecule has 1 saturated heterocycles. The van der Waals surface area contributed by atoms with Crippen molar-refractivity contribution in [1.82, 2.24) is 19.5 Å². The fourth-order valence-corrected chi connectivity index (χ4v) is 6.59. The van der Waals surface area contributed by atoms with Crippen LogP contribution in [0.25, 0.3) is 11.2 Å². The number of imidazole rings is 1. The third-order valence-electron chi connectivity index (χ3n) is 4.63. The number of nitrogens with one attached hydrogen (secondary N) is 1. The first-order valence-corrected chi connectivity index (χ1v) is 14.6. The number of aliphatic hydroxyl groups is 2. The average molecular weight is 579 g/mol. The van der Waals surface area contributed by atoms with Crippen molar-refractivity contribution in [2.24, 2.45) is 0 Å². The maximum absolute atomic E-state index is 12.1. The summed E-state index contributed by atoms with van der Waals surface area (Å²) in [7, 11) is -16.2. The molecule has 7 atom stereocenters. The van der Waals surface area contributed by atoms with Gasteiger partial charge in [0.2, 0.25) is 5.95 Å². The fourth-order valence-electron chi connectivity index (χ4n) is 3.04. The molecule has 204 valence electrons. The van der Waals surface area contributed by atoms with Crippen LogP contribution in [0.1, 0.15) is 26.0 Å². The molecule has 0 bridgehead atoms. The van der Waals surface area contributed by atoms with Gasteiger partial charge in [-0.25, -0.2) is 18.7 Å². The molecule has 22 heteroatoms. The Balaban J connectivity index is 1.65. The highest BCUT2D eigenvalue weighted by molar-refractivity contribution is 7.66. The number of hydrogen-bond acceptors (Lipinski definition) is 14. The van der Waals surface area contributed by atoms with Gasteiger partial charge in [0.15, 0.2) is 17.4 Å². The van der Waals surface area contributed by atoms with Crippen LogP contribution in [0, 0.1) is 0 Å². The Kier molecular flexibility index (Phi) is 8.90. The Morgan fingerprint density at radius 1 is 1.11 bits per heavy atom. The Hall–Kier alpha value is -1.56. The first-order chi connectivity index (χ1) is 16.6. The number of nitrogens with two attached hydrogens (primary N) is 1. The van der Waals surface area contributed by atoms with Crippen LogP contribution >= 0.6 is 23.5 Å². The molecule has 19 nitrogen and oxygen atoms in total. The molecule has 0 saturated carbocycles. The van der Waals surface area contributed by atoms with E-state index in [1.165, 1.54) is 0 Å². The van der Waals surface area contributed by atoms with Gasteiger partial charge in [0.05, 0.1) is 19.5 Å². The van der Waals surface area contributed by atoms with Crippen LogP contribution in [-0.4, -0.2) is 75.9 Å². The predicted octanol–water partition coefficient (Wildman–Crippen LogP) is -0.511. The number of ether oxygens (including phenoxy) is 1. The lowest BCUT2D eigenvalue weighted by atomic mass is 10.1. The molecule has 1 aliphatic rings. The van der Waals surface area contributed by atoms with Gasteiger partial charge in [-0.2, -0.15) is 13.6 Å². The number of phosphoric acid groups is 3. The van der Waals surface area contributed by atoms with E-state index in [9.17, 15) is 43.4 Å². The molecule has 7 unspecified atom stereocenters. The minimum Gasteiger partial charge on any atom is -0.387 e. The highest BCUT2D eigenvalue weighted by Gasteiger charge is 2.47. The molecular weight excluding hydrogens is 555 g/mol. The van der Waals surface area contributed by atoms with Crippen molar-refractivity contribution in [3.05, 3.63) is 16.7 Å². The van der Waals surface area contributed by atoms with Crippen LogP contribution in [-0.2, 0) is 36.1 Å². The number of hydrogen-bond donors (Lipinski definition) is 7. The van der Waals surface area contributed by atoms with Gasteiger partial charge in [0, 0.05) is 0 Å². The minimum absolute atomic E-state index is 0.0989. The van der Waals surface area contributed by atoms with E-state index >= 15 is 0 Å². The van der Waals surface area contributed by atoms with Crippen LogP contribution in [0.4, 0.5) is 5.95 Å². The summed E-state index contributed by atoms with van der Waals surface area (Å²) < 4.78 is 59.0. The zero-order valence-corrected chi connectivity index (χ0v) is 21.1. The molecule has 1 fully saturated rings. The quantitative estimate of drug-likeness (QED) is 0.123. The molecule has 0 aliphatic carbocycles. The van der Waals surface area contributed by atoms with Crippen LogP contribution in [0.5, 0.6) is 0 Å². The van der Waals surface area contributed by atoms with Crippen LogP contribution in [0.2, 0.25) is 0 Å². The molecule has 2 aromatic heterocycles. The largest absolute Gasteiger partial charge is 0.490 e. The normalized spacial score (nSPS) is 27.5. The number of unbranched alkanes of at least 4 members (excludes halogenated alkanes) is 1. The van der Waals surface area contributed by atoms with Gasteiger partial charge >= 0.3 is 23.5 Å². The monoisotopic (exact) mass is 579 g/mol. The van der Waals surface area contributed by atoms with E-state index < -0.39 is 60.2 Å². The maximum atomic E-state index is 12.1. The van der Waals surface area contributed by atoms with Gasteiger partial charge in [-0.05, 0) is 6.42 Å². The van der Waals surface area contributed by atoms with Crippen LogP contribution in [0.3, 0.4) is 0 Å². The number of rotatable bonds is 12. The zero-order valence-electron chi connectivity index (χ0n) is 18.4. The van der Waals surface area contributed by atoms with Gasteiger partial charge in [-0.1, -0.05) is 13.3 Å². The Morgan fingerprint density at radius 2 is 1.75 bits per heavy atom. The molecule has 3 rings (SSSR count). The summed E-state index contributed by atoms with van der Waals surface area (Å²) in [5.74, 6) is -0.264. The summed E-state index contributed by atoms with van der Waals surface area (Å²) >= 11 is 0. The number of nitrogen functional groups attached to an aromatic ring is 1. The third kappa shape index (κ3) is 7.05. The lowest BCUT2D eigenvalue weighted by Crippen LogP contribution is -2.33. The Bertz CT molecular complexity index is 1280. The highest BCUT2D eigenvalue weighted by atomic mass is 31.3. The minimum atomic E-state index is -5.66. The highest BCUT2D eigenvalue weighted by Crippen LogP contribution is 2.67. The molecule has 8 N–H and O–H groups in total. The molecule has 0 aromatic carbocycles. The maximum Gasteiger partial charge on any atom is 0.490 e. The summed E-state index contributed by atoms with van der Waals surface area (Å²) in [5.41, 5.74) is 4.58. The summed E-state index contributed by atoms with van der Waals surface area (Å²) in [6.07, 6.45) is -4.36. The van der Waals surface area contributed by atoms with Gasteiger partial charge in [-0.3, -0.25) is 23.4 Å². The number of H-pyrrole nitrogens is 1. The zero-order chi connectivity index (χ0) is 26.9. The van der Waals surface area contributed by atoms with Crippen molar-refractivity contribution in [1.29, 1.82) is 0 Å². The number of fused-ring (bicyclic) bond motifs is 1. The third-order valence-corrected chi connectivity index (χ3v) is 8.92. The van der Waals surface area contributed by atoms with E-state index in [-0.39, 0.29) is 23.7 Å². The van der Waals surface area contributed by atoms with Crippen LogP contribution < -0.4 is 11.3 Å². The number of aliphatic hydroxyl groups excluding tert-OH is 2. The molecule has 0 spiro atoms. The van der Waals surface area contributed by atoms with E-state index in [2.05, 4.69) is 32.6 Å². The molecule has 36 heavy (non-hydrogen) atoms. The van der Waals surface area contributed by atoms with E-state index in [1.54, 1.807) is 6.92 Å². The second kappa shape index (κ2) is 11.0. The van der Waals surface area contributed by atoms with Gasteiger partial charge in [-0.15, -0.1) is 0 Å². The van der Waals surface area contributed by atoms with Crippen molar-refractivity contribution in [2.45, 2.75) is 44.3 Å². The number of nitrogens with zero attached hydrogens (tertiary/aromatic N) is 3. The van der Waals surface area contributed by atoms with Crippen molar-refractivity contribution in [3.8, 4) is 0 Å². The number of aromatic nitrogens is 4. The van der Waals surface area contributed by atoms with Crippen molar-refractivity contribution in [3.63, 3.8) is 0 Å². The Labute approximate surface area is 201 Å². The van der Waals surface area contributed by atoms with E-state index in [4.69, 9.17) is 10.5 Å². The van der Waals surface area contributed by atoms with E-state index in [0.29, 0.717) is 12.8 Å². The molecule has 2 aromatic rings. The topological polar surface area (TPSA) is 288 Å². The molecule has 0 radical (unpaired) electrons. The standard InChI is InChI=1S/C14H24N5O14P3/c1-2-3-4-29-34(23,24)32-36(27,28)33-35(25,26)30-5-7-9(20)10(21)13(31-7)19-6-16-8-11(19)17-14(15)18-12(8)22/h6-7,9-10,13,20-21H,2-5H2,1H3,(H,23,24)(H,25,26)(H,27,28)(H3,15,17,18,22). The summed E-state index contributed by atoms with van der Waals surface area (Å²) in [6, 6.07) is 0. The fraction of sp³-hybridized carbons (Fsp3) is 0.643. The second-order valence-electron chi connectivity index (χ2n) is 7.37. The molecule has 1 aliphatic heterocycles. The number of aromatic amines is 1. The SMILES string of the molecule is CCCCOP(=O)(O)OP(=O)(O)OP(=O)(O)OCC1OC(n2cnc3c(=O)[nH]c(N)nc32)C(O)C1O. The summed E-state index contributed by atoms with van der Waals surface area (Å²) in [4.78, 5) is 50.6. The second-order valence-corrected chi connectivity index (χ2v) is 12.0. The lowest BCUT2D eigenvalue weighted by Gasteiger charge is -2.20. The first kappa shape index (κ1) is 29.0. The van der Waals surface area contributed by atoms with Crippen molar-refractivity contribution in [2.75, 3.05) is 18.9 Å². The summed E-state index contributed by atoms with van der Waals surface area (Å²) in [5, 5.41) is 20.6. The first-order valence-electron chi connectivity index (χ1n) is 10.1. The van der Waals surface area contributed by atoms with Crippen molar-refractivity contribution >= 4 is 40.6 Å². The molecular formula is C14H24N5O14P3. The van der Waals surface area contributed by atoms with Crippen molar-refractivity contribution < 1.29 is 61.0 Å². The average Bonchev–Trinajstić information content (AvgIpc) is 3.26. The summed E-state index contributed by atoms with van der Waals surface area (Å²) in [6.45, 7) is 0.458. The number of phosphoric ester groups is 2. The van der Waals surface area contributed by atoms with Crippen LogP contribution in [0.15, 0.2) is 11.1 Å². The van der Waals surface area contributed by atoms with E-state index in [1.807, 2.05) is 0 Å². The van der Waals surface area contributed by atoms with E-state index in [0.717, 1.165) is 10.9 Å². The Morgan fingerprint density at radius 3 is 2.39 bits per heavy atom. The smallest absolute Gasteiger partial charge is 0.387 e. The predicted molar refractivity (Wildman–Crippen MR) is 117 cm³/mol. The molecule has 3 heterocycles. The lowest BCUT2D eigenvalue weighted by molar-refractivity contribution is -0.0503. The van der Waals surface area contributed by atoms with Gasteiger partial charge in [0.25, 0.3) is 5.56 Å². The van der Waals surface area contributed by atoms with Gasteiger partial charge < -0.3 is 35.4 Å². The molecule has 0 amide bonds.